The molecular weight excluding hydrogens is 666 g/mol. The van der Waals surface area contributed by atoms with E-state index in [-0.39, 0.29) is 0 Å². The van der Waals surface area contributed by atoms with E-state index in [2.05, 4.69) is 171 Å². The van der Waals surface area contributed by atoms with Crippen molar-refractivity contribution in [2.24, 2.45) is 0 Å². The van der Waals surface area contributed by atoms with E-state index in [4.69, 9.17) is 0 Å². The number of hydrogen-bond acceptors (Lipinski definition) is 1. The lowest BCUT2D eigenvalue weighted by molar-refractivity contribution is 0.577. The zero-order valence-electron chi connectivity index (χ0n) is 28.7. The van der Waals surface area contributed by atoms with Crippen LogP contribution in [0.4, 0.5) is 11.4 Å². The van der Waals surface area contributed by atoms with Gasteiger partial charge in [0, 0.05) is 38.5 Å². The maximum atomic E-state index is 16.7. The highest BCUT2D eigenvalue weighted by molar-refractivity contribution is 7.73. The summed E-state index contributed by atoms with van der Waals surface area (Å²) in [7, 11) is -3.59. The van der Waals surface area contributed by atoms with Gasteiger partial charge in [-0.15, -0.1) is 0 Å². The summed E-state index contributed by atoms with van der Waals surface area (Å²) in [6.07, 6.45) is 0. The Hall–Kier alpha value is -6.61. The summed E-state index contributed by atoms with van der Waals surface area (Å²) in [6, 6.07) is 67.9. The average molecular weight is 698 g/mol. The summed E-state index contributed by atoms with van der Waals surface area (Å²) in [5.74, 6) is 0. The second-order valence-electron chi connectivity index (χ2n) is 13.7. The maximum absolute atomic E-state index is 16.7. The van der Waals surface area contributed by atoms with E-state index in [1.807, 2.05) is 36.4 Å². The lowest BCUT2D eigenvalue weighted by atomic mass is 9.96. The molecule has 10 aromatic rings. The number of nitrogens with zero attached hydrogens (tertiary/aromatic N) is 3. The van der Waals surface area contributed by atoms with Gasteiger partial charge in [-0.3, -0.25) is 13.6 Å². The number of para-hydroxylation sites is 5. The van der Waals surface area contributed by atoms with Crippen LogP contribution in [0.3, 0.4) is 0 Å². The van der Waals surface area contributed by atoms with E-state index in [1.165, 1.54) is 21.8 Å². The van der Waals surface area contributed by atoms with Gasteiger partial charge in [-0.1, -0.05) is 121 Å². The van der Waals surface area contributed by atoms with Crippen molar-refractivity contribution in [2.75, 3.05) is 4.67 Å². The molecule has 0 saturated carbocycles. The molecule has 0 spiro atoms. The summed E-state index contributed by atoms with van der Waals surface area (Å²) >= 11 is 0. The third kappa shape index (κ3) is 4.27. The van der Waals surface area contributed by atoms with Crippen molar-refractivity contribution in [1.29, 1.82) is 0 Å². The van der Waals surface area contributed by atoms with Gasteiger partial charge in [0.25, 0.3) is 0 Å². The second kappa shape index (κ2) is 11.4. The molecule has 0 amide bonds. The fourth-order valence-corrected chi connectivity index (χ4v) is 11.8. The molecule has 0 radical (unpaired) electrons. The monoisotopic (exact) mass is 697 g/mol. The number of hydrogen-bond donors (Lipinski definition) is 0. The molecule has 53 heavy (non-hydrogen) atoms. The topological polar surface area (TPSA) is 30.2 Å². The van der Waals surface area contributed by atoms with E-state index in [0.717, 1.165) is 66.4 Å². The van der Waals surface area contributed by atoms with Crippen molar-refractivity contribution in [2.45, 2.75) is 0 Å². The highest BCUT2D eigenvalue weighted by Gasteiger charge is 2.44. The Morgan fingerprint density at radius 3 is 1.58 bits per heavy atom. The van der Waals surface area contributed by atoms with E-state index >= 15 is 4.57 Å². The van der Waals surface area contributed by atoms with Crippen LogP contribution < -0.4 is 9.97 Å². The first-order valence-corrected chi connectivity index (χ1v) is 19.6. The summed E-state index contributed by atoms with van der Waals surface area (Å²) in [5, 5.41) is 5.44. The molecular formula is C48H32N3OP. The van der Waals surface area contributed by atoms with Crippen LogP contribution >= 0.6 is 7.44 Å². The fourth-order valence-electron chi connectivity index (χ4n) is 8.59. The zero-order valence-corrected chi connectivity index (χ0v) is 29.6. The van der Waals surface area contributed by atoms with Crippen LogP contribution in [0.25, 0.3) is 71.6 Å². The highest BCUT2D eigenvalue weighted by atomic mass is 31.2. The third-order valence-electron chi connectivity index (χ3n) is 10.9. The molecule has 5 heteroatoms. The van der Waals surface area contributed by atoms with Gasteiger partial charge in [0.05, 0.1) is 33.1 Å². The summed E-state index contributed by atoms with van der Waals surface area (Å²) in [4.78, 5) is 0. The van der Waals surface area contributed by atoms with Crippen LogP contribution in [0.15, 0.2) is 194 Å². The quantitative estimate of drug-likeness (QED) is 0.171. The van der Waals surface area contributed by atoms with Gasteiger partial charge in [-0.25, -0.2) is 0 Å². The highest BCUT2D eigenvalue weighted by Crippen LogP contribution is 2.64. The molecule has 1 aliphatic rings. The van der Waals surface area contributed by atoms with E-state index in [9.17, 15) is 0 Å². The van der Waals surface area contributed by atoms with Crippen LogP contribution in [0.1, 0.15) is 0 Å². The van der Waals surface area contributed by atoms with E-state index in [1.54, 1.807) is 0 Å². The molecule has 11 rings (SSSR count). The molecule has 2 aromatic heterocycles. The van der Waals surface area contributed by atoms with Crippen molar-refractivity contribution in [1.82, 2.24) is 8.90 Å². The fraction of sp³-hybridized carbons (Fsp3) is 0. The zero-order chi connectivity index (χ0) is 35.1. The van der Waals surface area contributed by atoms with Gasteiger partial charge in [0.2, 0.25) is 0 Å². The average Bonchev–Trinajstić information content (AvgIpc) is 3.75. The van der Waals surface area contributed by atoms with E-state index in [0.29, 0.717) is 0 Å². The summed E-state index contributed by atoms with van der Waals surface area (Å²) in [6.45, 7) is 0. The van der Waals surface area contributed by atoms with Crippen LogP contribution in [0.5, 0.6) is 0 Å². The molecule has 3 heterocycles. The van der Waals surface area contributed by atoms with Crippen molar-refractivity contribution >= 4 is 67.7 Å². The van der Waals surface area contributed by atoms with Crippen LogP contribution in [0, 0.1) is 0 Å². The molecule has 0 aliphatic carbocycles. The Morgan fingerprint density at radius 2 is 0.887 bits per heavy atom. The standard InChI is InChI=1S/C48H32N3OP/c52-53(51-45-24-12-8-19-37(45)38-20-9-13-25-46(38)51)48-26-14-10-22-40(48)42-32-34(28-30-47(42)50(53)36-17-5-2-6-18-36)33-27-29-44-41(31-33)39-21-7-11-23-43(39)49(44)35-15-3-1-4-16-35/h1-32H. The van der Waals surface area contributed by atoms with Crippen molar-refractivity contribution in [3.8, 4) is 27.9 Å². The largest absolute Gasteiger partial charge is 0.309 e. The molecule has 1 atom stereocenters. The first kappa shape index (κ1) is 30.1. The SMILES string of the molecule is O=P1(n2c3ccccc3c3ccccc32)c2ccccc2-c2cc(-c3ccc4c(c3)c3ccccc3n4-c3ccccc3)ccc2N1c1ccccc1. The first-order valence-electron chi connectivity index (χ1n) is 18.0. The Bertz CT molecular complexity index is 3050. The molecule has 8 aromatic carbocycles. The minimum absolute atomic E-state index is 0.821. The Kier molecular flexibility index (Phi) is 6.49. The predicted octanol–water partition coefficient (Wildman–Crippen LogP) is 12.7. The van der Waals surface area contributed by atoms with Gasteiger partial charge in [0.15, 0.2) is 0 Å². The predicted molar refractivity (Wildman–Crippen MR) is 222 cm³/mol. The first-order chi connectivity index (χ1) is 26.2. The molecule has 1 aliphatic heterocycles. The smallest absolute Gasteiger partial charge is 0.302 e. The number of benzene rings is 8. The van der Waals surface area contributed by atoms with Gasteiger partial charge in [0.1, 0.15) is 0 Å². The summed E-state index contributed by atoms with van der Waals surface area (Å²) < 4.78 is 23.3. The molecule has 4 nitrogen and oxygen atoms in total. The Labute approximate surface area is 306 Å². The minimum atomic E-state index is -3.59. The third-order valence-corrected chi connectivity index (χ3v) is 13.8. The van der Waals surface area contributed by atoms with Crippen LogP contribution in [-0.2, 0) is 4.57 Å². The molecule has 0 saturated heterocycles. The normalized spacial score (nSPS) is 15.3. The van der Waals surface area contributed by atoms with Gasteiger partial charge >= 0.3 is 7.44 Å². The lowest BCUT2D eigenvalue weighted by Gasteiger charge is -2.41. The van der Waals surface area contributed by atoms with E-state index < -0.39 is 7.44 Å². The summed E-state index contributed by atoms with van der Waals surface area (Å²) in [5.41, 5.74) is 11.5. The van der Waals surface area contributed by atoms with Gasteiger partial charge < -0.3 is 4.57 Å². The van der Waals surface area contributed by atoms with Crippen molar-refractivity contribution < 1.29 is 4.57 Å². The maximum Gasteiger partial charge on any atom is 0.302 e. The Morgan fingerprint density at radius 1 is 0.377 bits per heavy atom. The Balaban J connectivity index is 1.16. The minimum Gasteiger partial charge on any atom is -0.309 e. The number of aromatic nitrogens is 2. The van der Waals surface area contributed by atoms with Gasteiger partial charge in [-0.05, 0) is 89.5 Å². The van der Waals surface area contributed by atoms with Crippen LogP contribution in [0.2, 0.25) is 0 Å². The number of rotatable bonds is 4. The molecule has 1 unspecified atom stereocenters. The lowest BCUT2D eigenvalue weighted by Crippen LogP contribution is -2.31. The molecule has 0 N–H and O–H groups in total. The molecule has 250 valence electrons. The number of anilines is 2. The number of fused-ring (bicyclic) bond motifs is 9. The van der Waals surface area contributed by atoms with Crippen molar-refractivity contribution in [3.05, 3.63) is 194 Å². The molecule has 0 bridgehead atoms. The molecule has 0 fully saturated rings. The van der Waals surface area contributed by atoms with Crippen LogP contribution in [-0.4, -0.2) is 8.90 Å². The van der Waals surface area contributed by atoms with Crippen molar-refractivity contribution in [3.63, 3.8) is 0 Å². The second-order valence-corrected chi connectivity index (χ2v) is 16.1. The van der Waals surface area contributed by atoms with Gasteiger partial charge in [-0.2, -0.15) is 0 Å².